The fourth-order valence-corrected chi connectivity index (χ4v) is 5.11. The molecule has 2 saturated heterocycles. The molecule has 20 heavy (non-hydrogen) atoms. The first-order valence-electron chi connectivity index (χ1n) is 6.87. The molecule has 2 atom stereocenters. The van der Waals surface area contributed by atoms with Crippen molar-refractivity contribution in [2.75, 3.05) is 13.1 Å². The van der Waals surface area contributed by atoms with Gasteiger partial charge in [0.25, 0.3) is 0 Å². The van der Waals surface area contributed by atoms with Crippen molar-refractivity contribution in [2.45, 2.75) is 30.7 Å². The zero-order valence-corrected chi connectivity index (χ0v) is 12.2. The smallest absolute Gasteiger partial charge is 0.243 e. The van der Waals surface area contributed by atoms with Gasteiger partial charge in [0.1, 0.15) is 0 Å². The van der Waals surface area contributed by atoms with Crippen LogP contribution in [0.2, 0.25) is 0 Å². The van der Waals surface area contributed by atoms with Crippen LogP contribution in [0.5, 0.6) is 0 Å². The van der Waals surface area contributed by atoms with Gasteiger partial charge in [-0.3, -0.25) is 4.79 Å². The summed E-state index contributed by atoms with van der Waals surface area (Å²) in [6.07, 6.45) is 1.51. The van der Waals surface area contributed by atoms with E-state index in [9.17, 15) is 13.2 Å². The van der Waals surface area contributed by atoms with E-state index >= 15 is 0 Å². The highest BCUT2D eigenvalue weighted by Gasteiger charge is 2.45. The van der Waals surface area contributed by atoms with Gasteiger partial charge in [-0.25, -0.2) is 8.42 Å². The van der Waals surface area contributed by atoms with Gasteiger partial charge in [-0.1, -0.05) is 18.2 Å². The van der Waals surface area contributed by atoms with E-state index in [2.05, 4.69) is 5.32 Å². The van der Waals surface area contributed by atoms with Gasteiger partial charge in [-0.15, -0.1) is 0 Å². The number of rotatable bonds is 2. The monoisotopic (exact) mass is 294 g/mol. The van der Waals surface area contributed by atoms with Crippen molar-refractivity contribution in [2.24, 2.45) is 5.92 Å². The third-order valence-electron chi connectivity index (χ3n) is 4.23. The van der Waals surface area contributed by atoms with Gasteiger partial charge in [0.2, 0.25) is 15.9 Å². The van der Waals surface area contributed by atoms with Crippen molar-refractivity contribution < 1.29 is 13.2 Å². The SMILES string of the molecule is Cc1ccccc1S(=O)(=O)N1CCCC2C(=O)NCC21. The number of piperidine rings is 1. The number of carbonyl (C=O) groups excluding carboxylic acids is 1. The van der Waals surface area contributed by atoms with Gasteiger partial charge >= 0.3 is 0 Å². The Morgan fingerprint density at radius 3 is 2.80 bits per heavy atom. The lowest BCUT2D eigenvalue weighted by Crippen LogP contribution is -2.48. The van der Waals surface area contributed by atoms with E-state index < -0.39 is 10.0 Å². The molecule has 3 rings (SSSR count). The second-order valence-corrected chi connectivity index (χ2v) is 7.30. The molecule has 1 amide bonds. The fraction of sp³-hybridized carbons (Fsp3) is 0.500. The number of aryl methyl sites for hydroxylation is 1. The summed E-state index contributed by atoms with van der Waals surface area (Å²) in [4.78, 5) is 12.1. The molecule has 0 saturated carbocycles. The predicted octanol–water partition coefficient (Wildman–Crippen LogP) is 0.894. The molecule has 0 aliphatic carbocycles. The first-order valence-corrected chi connectivity index (χ1v) is 8.31. The maximum Gasteiger partial charge on any atom is 0.243 e. The average Bonchev–Trinajstić information content (AvgIpc) is 2.81. The molecular weight excluding hydrogens is 276 g/mol. The van der Waals surface area contributed by atoms with Gasteiger partial charge < -0.3 is 5.32 Å². The molecule has 2 fully saturated rings. The first kappa shape index (κ1) is 13.6. The number of fused-ring (bicyclic) bond motifs is 1. The summed E-state index contributed by atoms with van der Waals surface area (Å²) in [5, 5.41) is 2.78. The summed E-state index contributed by atoms with van der Waals surface area (Å²) in [7, 11) is -3.53. The van der Waals surface area contributed by atoms with Gasteiger partial charge in [0.05, 0.1) is 16.9 Å². The van der Waals surface area contributed by atoms with Crippen molar-refractivity contribution in [3.05, 3.63) is 29.8 Å². The van der Waals surface area contributed by atoms with Crippen LogP contribution in [0.25, 0.3) is 0 Å². The van der Waals surface area contributed by atoms with E-state index in [-0.39, 0.29) is 17.9 Å². The van der Waals surface area contributed by atoms with E-state index in [0.29, 0.717) is 18.0 Å². The molecule has 5 nitrogen and oxygen atoms in total. The van der Waals surface area contributed by atoms with E-state index in [0.717, 1.165) is 18.4 Å². The standard InChI is InChI=1S/C14H18N2O3S/c1-10-5-2-3-7-13(10)20(18,19)16-8-4-6-11-12(16)9-15-14(11)17/h2-3,5,7,11-12H,4,6,8-9H2,1H3,(H,15,17). The Hall–Kier alpha value is -1.40. The lowest BCUT2D eigenvalue weighted by Gasteiger charge is -2.35. The van der Waals surface area contributed by atoms with Crippen LogP contribution in [0.4, 0.5) is 0 Å². The number of sulfonamides is 1. The normalized spacial score (nSPS) is 27.1. The molecule has 1 aromatic rings. The minimum atomic E-state index is -3.53. The molecule has 2 aliphatic heterocycles. The Bertz CT molecular complexity index is 642. The molecule has 6 heteroatoms. The molecule has 2 unspecified atom stereocenters. The molecule has 2 aliphatic rings. The summed E-state index contributed by atoms with van der Waals surface area (Å²) in [6.45, 7) is 2.72. The minimum absolute atomic E-state index is 0.0142. The summed E-state index contributed by atoms with van der Waals surface area (Å²) < 4.78 is 27.2. The van der Waals surface area contributed by atoms with E-state index in [1.54, 1.807) is 25.1 Å². The van der Waals surface area contributed by atoms with Crippen molar-refractivity contribution in [3.63, 3.8) is 0 Å². The Morgan fingerprint density at radius 1 is 1.30 bits per heavy atom. The zero-order valence-electron chi connectivity index (χ0n) is 11.4. The molecule has 0 aromatic heterocycles. The zero-order chi connectivity index (χ0) is 14.3. The number of amides is 1. The highest BCUT2D eigenvalue weighted by molar-refractivity contribution is 7.89. The molecule has 1 aromatic carbocycles. The van der Waals surface area contributed by atoms with Gasteiger partial charge in [0, 0.05) is 13.1 Å². The van der Waals surface area contributed by atoms with E-state index in [1.165, 1.54) is 4.31 Å². The highest BCUT2D eigenvalue weighted by atomic mass is 32.2. The van der Waals surface area contributed by atoms with Gasteiger partial charge in [-0.05, 0) is 31.4 Å². The van der Waals surface area contributed by atoms with Crippen molar-refractivity contribution >= 4 is 15.9 Å². The average molecular weight is 294 g/mol. The third kappa shape index (κ3) is 2.03. The number of hydrogen-bond acceptors (Lipinski definition) is 3. The van der Waals surface area contributed by atoms with E-state index in [1.807, 2.05) is 6.07 Å². The maximum atomic E-state index is 12.8. The lowest BCUT2D eigenvalue weighted by atomic mass is 9.93. The largest absolute Gasteiger partial charge is 0.354 e. The number of nitrogens with zero attached hydrogens (tertiary/aromatic N) is 1. The minimum Gasteiger partial charge on any atom is -0.354 e. The van der Waals surface area contributed by atoms with Crippen LogP contribution in [0.3, 0.4) is 0 Å². The van der Waals surface area contributed by atoms with Crippen LogP contribution in [0.15, 0.2) is 29.2 Å². The van der Waals surface area contributed by atoms with Gasteiger partial charge in [0.15, 0.2) is 0 Å². The Kier molecular flexibility index (Phi) is 3.30. The molecule has 1 N–H and O–H groups in total. The lowest BCUT2D eigenvalue weighted by molar-refractivity contribution is -0.123. The third-order valence-corrected chi connectivity index (χ3v) is 6.32. The van der Waals surface area contributed by atoms with Crippen LogP contribution in [-0.2, 0) is 14.8 Å². The van der Waals surface area contributed by atoms with Crippen molar-refractivity contribution in [3.8, 4) is 0 Å². The summed E-state index contributed by atoms with van der Waals surface area (Å²) >= 11 is 0. The Labute approximate surface area is 119 Å². The second-order valence-electron chi connectivity index (χ2n) is 5.44. The number of benzene rings is 1. The first-order chi connectivity index (χ1) is 9.51. The number of carbonyl (C=O) groups is 1. The number of nitrogens with one attached hydrogen (secondary N) is 1. The van der Waals surface area contributed by atoms with Crippen molar-refractivity contribution in [1.29, 1.82) is 0 Å². The molecule has 0 bridgehead atoms. The molecule has 2 heterocycles. The van der Waals surface area contributed by atoms with Gasteiger partial charge in [-0.2, -0.15) is 4.31 Å². The quantitative estimate of drug-likeness (QED) is 0.881. The topological polar surface area (TPSA) is 66.5 Å². The van der Waals surface area contributed by atoms with Crippen LogP contribution >= 0.6 is 0 Å². The summed E-state index contributed by atoms with van der Waals surface area (Å²) in [5.74, 6) is -0.206. The summed E-state index contributed by atoms with van der Waals surface area (Å²) in [6, 6.07) is 6.76. The number of hydrogen-bond donors (Lipinski definition) is 1. The fourth-order valence-electron chi connectivity index (χ4n) is 3.18. The van der Waals surface area contributed by atoms with Crippen molar-refractivity contribution in [1.82, 2.24) is 9.62 Å². The molecule has 108 valence electrons. The summed E-state index contributed by atoms with van der Waals surface area (Å²) in [5.41, 5.74) is 0.743. The van der Waals surface area contributed by atoms with Crippen LogP contribution in [0.1, 0.15) is 18.4 Å². The van der Waals surface area contributed by atoms with E-state index in [4.69, 9.17) is 0 Å². The van der Waals surface area contributed by atoms with Crippen LogP contribution < -0.4 is 5.32 Å². The van der Waals surface area contributed by atoms with Crippen LogP contribution in [0, 0.1) is 12.8 Å². The van der Waals surface area contributed by atoms with Crippen LogP contribution in [-0.4, -0.2) is 37.8 Å². The Morgan fingerprint density at radius 2 is 2.05 bits per heavy atom. The highest BCUT2D eigenvalue weighted by Crippen LogP contribution is 2.32. The molecular formula is C14H18N2O3S. The second kappa shape index (κ2) is 4.86. The predicted molar refractivity (Wildman–Crippen MR) is 74.6 cm³/mol. The molecule has 0 spiro atoms. The maximum absolute atomic E-state index is 12.8. The molecule has 0 radical (unpaired) electrons. The Balaban J connectivity index is 1.99.